The Hall–Kier alpha value is -1.02. The van der Waals surface area contributed by atoms with Crippen LogP contribution in [0.4, 0.5) is 0 Å². The molecule has 1 aliphatic rings. The van der Waals surface area contributed by atoms with Crippen molar-refractivity contribution >= 4 is 0 Å². The minimum atomic E-state index is 0.388. The average Bonchev–Trinajstić information content (AvgIpc) is 2.36. The van der Waals surface area contributed by atoms with Crippen molar-refractivity contribution in [3.63, 3.8) is 0 Å². The van der Waals surface area contributed by atoms with Gasteiger partial charge in [-0.15, -0.1) is 0 Å². The molecular formula is C15H23NO. The number of nitrogens with one attached hydrogen (secondary N) is 1. The van der Waals surface area contributed by atoms with Crippen molar-refractivity contribution in [1.82, 2.24) is 5.32 Å². The van der Waals surface area contributed by atoms with Gasteiger partial charge in [0.05, 0.1) is 0 Å². The fraction of sp³-hybridized carbons (Fsp3) is 0.600. The summed E-state index contributed by atoms with van der Waals surface area (Å²) in [5.41, 5.74) is 1.26. The zero-order chi connectivity index (χ0) is 11.9. The monoisotopic (exact) mass is 233 g/mol. The van der Waals surface area contributed by atoms with E-state index in [4.69, 9.17) is 0 Å². The third-order valence-electron chi connectivity index (χ3n) is 3.64. The van der Waals surface area contributed by atoms with Crippen molar-refractivity contribution in [2.45, 2.75) is 38.5 Å². The highest BCUT2D eigenvalue weighted by Crippen LogP contribution is 2.19. The topological polar surface area (TPSA) is 32.3 Å². The van der Waals surface area contributed by atoms with Gasteiger partial charge in [0.25, 0.3) is 0 Å². The number of hydrogen-bond donors (Lipinski definition) is 2. The van der Waals surface area contributed by atoms with Gasteiger partial charge in [-0.2, -0.15) is 0 Å². The van der Waals surface area contributed by atoms with Crippen LogP contribution in [-0.2, 0) is 6.42 Å². The number of phenolic OH excluding ortho intramolecular Hbond substituents is 1. The molecule has 0 bridgehead atoms. The van der Waals surface area contributed by atoms with Crippen LogP contribution in [0.3, 0.4) is 0 Å². The zero-order valence-corrected chi connectivity index (χ0v) is 10.5. The Morgan fingerprint density at radius 2 is 2.24 bits per heavy atom. The second-order valence-corrected chi connectivity index (χ2v) is 5.13. The highest BCUT2D eigenvalue weighted by molar-refractivity contribution is 5.27. The normalized spacial score (nSPS) is 20.4. The first kappa shape index (κ1) is 12.4. The molecule has 0 radical (unpaired) electrons. The Bertz CT molecular complexity index is 331. The highest BCUT2D eigenvalue weighted by Gasteiger charge is 2.11. The molecule has 1 saturated heterocycles. The molecule has 2 N–H and O–H groups in total. The lowest BCUT2D eigenvalue weighted by Crippen LogP contribution is -2.29. The van der Waals surface area contributed by atoms with E-state index < -0.39 is 0 Å². The van der Waals surface area contributed by atoms with Crippen LogP contribution in [0.15, 0.2) is 24.3 Å². The van der Waals surface area contributed by atoms with E-state index >= 15 is 0 Å². The van der Waals surface area contributed by atoms with Crippen molar-refractivity contribution in [2.24, 2.45) is 5.92 Å². The Morgan fingerprint density at radius 1 is 1.29 bits per heavy atom. The van der Waals surface area contributed by atoms with Crippen LogP contribution < -0.4 is 5.32 Å². The summed E-state index contributed by atoms with van der Waals surface area (Å²) in [6, 6.07) is 7.64. The highest BCUT2D eigenvalue weighted by atomic mass is 16.3. The van der Waals surface area contributed by atoms with Crippen molar-refractivity contribution < 1.29 is 5.11 Å². The number of hydrogen-bond acceptors (Lipinski definition) is 2. The molecule has 2 heteroatoms. The van der Waals surface area contributed by atoms with Gasteiger partial charge in [0.1, 0.15) is 5.75 Å². The summed E-state index contributed by atoms with van der Waals surface area (Å²) in [6.07, 6.45) is 7.73. The van der Waals surface area contributed by atoms with Crippen molar-refractivity contribution in [3.8, 4) is 5.75 Å². The third-order valence-corrected chi connectivity index (χ3v) is 3.64. The van der Waals surface area contributed by atoms with E-state index in [1.807, 2.05) is 12.1 Å². The van der Waals surface area contributed by atoms with E-state index in [-0.39, 0.29) is 0 Å². The number of aromatic hydroxyl groups is 1. The average molecular weight is 233 g/mol. The summed E-state index contributed by atoms with van der Waals surface area (Å²) in [5, 5.41) is 12.8. The van der Waals surface area contributed by atoms with Crippen LogP contribution >= 0.6 is 0 Å². The van der Waals surface area contributed by atoms with Crippen LogP contribution in [0.1, 0.15) is 37.7 Å². The summed E-state index contributed by atoms with van der Waals surface area (Å²) in [5.74, 6) is 1.28. The molecule has 1 aromatic carbocycles. The van der Waals surface area contributed by atoms with Crippen LogP contribution in [0.25, 0.3) is 0 Å². The second kappa shape index (κ2) is 6.65. The molecular weight excluding hydrogens is 210 g/mol. The van der Waals surface area contributed by atoms with Crippen LogP contribution in [0.5, 0.6) is 5.75 Å². The predicted molar refractivity (Wildman–Crippen MR) is 71.3 cm³/mol. The van der Waals surface area contributed by atoms with E-state index in [0.717, 1.165) is 12.3 Å². The minimum absolute atomic E-state index is 0.388. The maximum absolute atomic E-state index is 9.37. The van der Waals surface area contributed by atoms with E-state index in [0.29, 0.717) is 5.75 Å². The maximum Gasteiger partial charge on any atom is 0.115 e. The molecule has 1 unspecified atom stereocenters. The molecule has 17 heavy (non-hydrogen) atoms. The number of unbranched alkanes of at least 4 members (excludes halogenated alkanes) is 1. The van der Waals surface area contributed by atoms with Crippen LogP contribution in [0, 0.1) is 5.92 Å². The Morgan fingerprint density at radius 3 is 3.00 bits per heavy atom. The fourth-order valence-electron chi connectivity index (χ4n) is 2.64. The first-order valence-electron chi connectivity index (χ1n) is 6.83. The molecule has 1 aromatic rings. The van der Waals surface area contributed by atoms with Crippen molar-refractivity contribution in [3.05, 3.63) is 29.8 Å². The lowest BCUT2D eigenvalue weighted by atomic mass is 9.93. The maximum atomic E-state index is 9.37. The lowest BCUT2D eigenvalue weighted by Gasteiger charge is -2.22. The Balaban J connectivity index is 1.62. The fourth-order valence-corrected chi connectivity index (χ4v) is 2.64. The summed E-state index contributed by atoms with van der Waals surface area (Å²) in [6.45, 7) is 2.42. The molecule has 1 heterocycles. The zero-order valence-electron chi connectivity index (χ0n) is 10.5. The summed E-state index contributed by atoms with van der Waals surface area (Å²) < 4.78 is 0. The summed E-state index contributed by atoms with van der Waals surface area (Å²) >= 11 is 0. The van der Waals surface area contributed by atoms with Gasteiger partial charge in [0.2, 0.25) is 0 Å². The minimum Gasteiger partial charge on any atom is -0.508 e. The smallest absolute Gasteiger partial charge is 0.115 e. The first-order chi connectivity index (χ1) is 8.34. The van der Waals surface area contributed by atoms with Crippen molar-refractivity contribution in [1.29, 1.82) is 0 Å². The number of benzene rings is 1. The van der Waals surface area contributed by atoms with Crippen molar-refractivity contribution in [2.75, 3.05) is 13.1 Å². The number of aryl methyl sites for hydroxylation is 1. The summed E-state index contributed by atoms with van der Waals surface area (Å²) in [7, 11) is 0. The largest absolute Gasteiger partial charge is 0.508 e. The predicted octanol–water partition coefficient (Wildman–Crippen LogP) is 3.10. The van der Waals surface area contributed by atoms with Gasteiger partial charge in [-0.3, -0.25) is 0 Å². The quantitative estimate of drug-likeness (QED) is 0.766. The number of phenols is 1. The van der Waals surface area contributed by atoms with Gasteiger partial charge >= 0.3 is 0 Å². The molecule has 0 aliphatic carbocycles. The second-order valence-electron chi connectivity index (χ2n) is 5.13. The van der Waals surface area contributed by atoms with E-state index in [1.165, 1.54) is 50.8 Å². The van der Waals surface area contributed by atoms with Gasteiger partial charge in [-0.25, -0.2) is 0 Å². The molecule has 1 aliphatic heterocycles. The molecule has 2 nitrogen and oxygen atoms in total. The molecule has 0 aromatic heterocycles. The molecule has 1 fully saturated rings. The summed E-state index contributed by atoms with van der Waals surface area (Å²) in [4.78, 5) is 0. The van der Waals surface area contributed by atoms with Crippen LogP contribution in [0.2, 0.25) is 0 Å². The molecule has 0 amide bonds. The van der Waals surface area contributed by atoms with Crippen LogP contribution in [-0.4, -0.2) is 18.2 Å². The molecule has 0 spiro atoms. The molecule has 94 valence electrons. The Kier molecular flexibility index (Phi) is 4.87. The molecule has 2 rings (SSSR count). The van der Waals surface area contributed by atoms with Gasteiger partial charge < -0.3 is 10.4 Å². The van der Waals surface area contributed by atoms with Gasteiger partial charge in [-0.1, -0.05) is 18.6 Å². The van der Waals surface area contributed by atoms with Gasteiger partial charge in [0.15, 0.2) is 0 Å². The van der Waals surface area contributed by atoms with Gasteiger partial charge in [-0.05, 0) is 68.8 Å². The molecule has 1 atom stereocenters. The van der Waals surface area contributed by atoms with Gasteiger partial charge in [0, 0.05) is 0 Å². The van der Waals surface area contributed by atoms with E-state index in [1.54, 1.807) is 6.07 Å². The number of piperidine rings is 1. The molecule has 0 saturated carbocycles. The van der Waals surface area contributed by atoms with E-state index in [9.17, 15) is 5.11 Å². The first-order valence-corrected chi connectivity index (χ1v) is 6.83. The SMILES string of the molecule is Oc1cccc(CCCCC2CCCNC2)c1. The third kappa shape index (κ3) is 4.39. The lowest BCUT2D eigenvalue weighted by molar-refractivity contribution is 0.348. The van der Waals surface area contributed by atoms with E-state index in [2.05, 4.69) is 11.4 Å². The number of rotatable bonds is 5. The standard InChI is InChI=1S/C15H23NO/c17-15-9-3-7-13(11-15)5-1-2-6-14-8-4-10-16-12-14/h3,7,9,11,14,16-17H,1-2,4-6,8,10,12H2. The Labute approximate surface area is 104 Å².